The van der Waals surface area contributed by atoms with Crippen molar-refractivity contribution in [3.8, 4) is 11.5 Å². The van der Waals surface area contributed by atoms with Crippen LogP contribution in [-0.4, -0.2) is 46.9 Å². The number of aryl methyl sites for hydroxylation is 5. The molecule has 0 amide bonds. The molecule has 0 spiro atoms. The van der Waals surface area contributed by atoms with Crippen LogP contribution in [0, 0.1) is 11.8 Å². The number of ketones is 1. The Labute approximate surface area is 352 Å². The second kappa shape index (κ2) is 20.3. The van der Waals surface area contributed by atoms with E-state index >= 15 is 0 Å². The van der Waals surface area contributed by atoms with Crippen LogP contribution in [-0.2, 0) is 60.8 Å². The summed E-state index contributed by atoms with van der Waals surface area (Å²) >= 11 is 0. The number of carbonyl (C=O) groups is 5. The summed E-state index contributed by atoms with van der Waals surface area (Å²) in [6, 6.07) is 21.7. The van der Waals surface area contributed by atoms with Crippen molar-refractivity contribution in [2.45, 2.75) is 142 Å². The second-order valence-corrected chi connectivity index (χ2v) is 16.8. The largest absolute Gasteiger partial charge is 0.462 e. The molecule has 4 aromatic rings. The number of carbonyl (C=O) groups excluding carboxylic acids is 5. The molecule has 2 fully saturated rings. The highest BCUT2D eigenvalue weighted by Gasteiger charge is 2.33. The van der Waals surface area contributed by atoms with Crippen molar-refractivity contribution in [1.82, 2.24) is 4.98 Å². The lowest BCUT2D eigenvalue weighted by molar-refractivity contribution is -0.153. The van der Waals surface area contributed by atoms with Gasteiger partial charge in [0, 0.05) is 30.2 Å². The first-order valence-corrected chi connectivity index (χ1v) is 22.1. The van der Waals surface area contributed by atoms with E-state index in [2.05, 4.69) is 62.4 Å². The van der Waals surface area contributed by atoms with Gasteiger partial charge in [0.1, 0.15) is 23.5 Å². The van der Waals surface area contributed by atoms with Crippen molar-refractivity contribution in [1.29, 1.82) is 0 Å². The number of hydrogen-bond donors (Lipinski definition) is 0. The molecule has 10 heteroatoms. The van der Waals surface area contributed by atoms with Gasteiger partial charge >= 0.3 is 23.9 Å². The Morgan fingerprint density at radius 1 is 0.567 bits per heavy atom. The van der Waals surface area contributed by atoms with E-state index in [1.807, 2.05) is 0 Å². The summed E-state index contributed by atoms with van der Waals surface area (Å²) in [4.78, 5) is 69.9. The van der Waals surface area contributed by atoms with E-state index in [0.717, 1.165) is 36.8 Å². The van der Waals surface area contributed by atoms with Gasteiger partial charge in [0.25, 0.3) is 0 Å². The van der Waals surface area contributed by atoms with Crippen LogP contribution >= 0.6 is 0 Å². The van der Waals surface area contributed by atoms with Crippen LogP contribution in [0.5, 0.6) is 11.5 Å². The van der Waals surface area contributed by atoms with Crippen LogP contribution in [0.15, 0.2) is 66.7 Å². The number of benzene rings is 3. The number of aromatic nitrogens is 1. The minimum atomic E-state index is -0.400. The molecule has 3 aromatic carbocycles. The number of nitrogens with zero attached hydrogens (tertiary/aromatic N) is 1. The van der Waals surface area contributed by atoms with Gasteiger partial charge in [-0.25, -0.2) is 4.98 Å². The quantitative estimate of drug-likeness (QED) is 0.0795. The molecule has 10 nitrogen and oxygen atoms in total. The Morgan fingerprint density at radius 2 is 1.00 bits per heavy atom. The summed E-state index contributed by atoms with van der Waals surface area (Å²) in [5.41, 5.74) is 6.27. The highest BCUT2D eigenvalue weighted by molar-refractivity contribution is 6.05. The summed E-state index contributed by atoms with van der Waals surface area (Å²) < 4.78 is 23.5. The van der Waals surface area contributed by atoms with Gasteiger partial charge in [-0.05, 0) is 124 Å². The summed E-state index contributed by atoms with van der Waals surface area (Å²) in [5, 5.41) is 0.429. The number of ether oxygens (including phenoxy) is 4. The zero-order valence-corrected chi connectivity index (χ0v) is 35.0. The first-order chi connectivity index (χ1) is 29.1. The third-order valence-electron chi connectivity index (χ3n) is 12.3. The number of Topliss-reactive ketones (excluding diaryl/α,β-unsaturated/α-hetero) is 1. The number of esters is 4. The third-order valence-corrected chi connectivity index (χ3v) is 12.3. The molecule has 1 aromatic heterocycles. The average molecular weight is 816 g/mol. The Kier molecular flexibility index (Phi) is 14.4. The van der Waals surface area contributed by atoms with E-state index in [0.29, 0.717) is 112 Å². The lowest BCUT2D eigenvalue weighted by atomic mass is 9.87. The van der Waals surface area contributed by atoms with Crippen molar-refractivity contribution in [2.75, 3.05) is 0 Å². The number of pyridine rings is 1. The monoisotopic (exact) mass is 815 g/mol. The highest BCUT2D eigenvalue weighted by Crippen LogP contribution is 2.38. The molecule has 0 aliphatic heterocycles. The molecule has 316 valence electrons. The summed E-state index contributed by atoms with van der Waals surface area (Å²) in [7, 11) is 0. The van der Waals surface area contributed by atoms with Crippen LogP contribution in [0.4, 0.5) is 0 Å². The molecule has 0 radical (unpaired) electrons. The maximum Gasteiger partial charge on any atom is 0.314 e. The summed E-state index contributed by atoms with van der Waals surface area (Å²) in [5.74, 6) is -1.55. The number of fused-ring (bicyclic) bond motifs is 2. The summed E-state index contributed by atoms with van der Waals surface area (Å²) in [6.45, 7) is 4.31. The predicted octanol–water partition coefficient (Wildman–Crippen LogP) is 9.55. The zero-order valence-electron chi connectivity index (χ0n) is 35.0. The van der Waals surface area contributed by atoms with Crippen molar-refractivity contribution in [3.05, 3.63) is 100 Å². The van der Waals surface area contributed by atoms with Crippen LogP contribution in [0.2, 0.25) is 0 Å². The molecule has 60 heavy (non-hydrogen) atoms. The van der Waals surface area contributed by atoms with Crippen molar-refractivity contribution in [2.24, 2.45) is 11.8 Å². The smallest absolute Gasteiger partial charge is 0.314 e. The van der Waals surface area contributed by atoms with Gasteiger partial charge in [0.2, 0.25) is 0 Å². The van der Waals surface area contributed by atoms with Crippen LogP contribution in [0.25, 0.3) is 10.9 Å². The molecule has 0 N–H and O–H groups in total. The van der Waals surface area contributed by atoms with E-state index in [1.54, 1.807) is 18.2 Å². The van der Waals surface area contributed by atoms with E-state index in [1.165, 1.54) is 11.1 Å². The van der Waals surface area contributed by atoms with E-state index < -0.39 is 11.9 Å². The standard InChI is InChI=1S/C50H57NO9/c1-3-5-32-7-11-34(12-8-32)15-29-46(53)57-38-21-17-36(18-22-38)49(55)59-44-27-28-45(48-41(44)31-40-42(51-48)25-26-43(40)52)60-50(56)37-19-23-39(24-20-37)58-47(54)30-16-35-13-9-33(6-4-2)10-14-35/h7-14,27-28,31,36-39H,3-6,15-26,29-30H2,1-2H3/t36-,37-,38-,39-. The first kappa shape index (κ1) is 42.7. The predicted molar refractivity (Wildman–Crippen MR) is 227 cm³/mol. The maximum atomic E-state index is 13.5. The molecule has 1 heterocycles. The van der Waals surface area contributed by atoms with Crippen molar-refractivity contribution < 1.29 is 42.9 Å². The fourth-order valence-electron chi connectivity index (χ4n) is 8.74. The van der Waals surface area contributed by atoms with Crippen LogP contribution in [0.1, 0.15) is 136 Å². The fourth-order valence-corrected chi connectivity index (χ4v) is 8.74. The molecular formula is C50H57NO9. The Bertz CT molecular complexity index is 2160. The van der Waals surface area contributed by atoms with Gasteiger partial charge in [0.15, 0.2) is 11.5 Å². The maximum absolute atomic E-state index is 13.5. The average Bonchev–Trinajstić information content (AvgIpc) is 3.63. The molecule has 2 saturated carbocycles. The van der Waals surface area contributed by atoms with Gasteiger partial charge < -0.3 is 18.9 Å². The number of rotatable bonds is 16. The Morgan fingerprint density at radius 3 is 1.47 bits per heavy atom. The Balaban J connectivity index is 0.903. The highest BCUT2D eigenvalue weighted by atomic mass is 16.6. The lowest BCUT2D eigenvalue weighted by Crippen LogP contribution is -2.30. The molecule has 3 aliphatic carbocycles. The lowest BCUT2D eigenvalue weighted by Gasteiger charge is -2.27. The molecule has 0 unspecified atom stereocenters. The molecule has 7 rings (SSSR count). The van der Waals surface area contributed by atoms with Gasteiger partial charge in [-0.2, -0.15) is 0 Å². The van der Waals surface area contributed by atoms with E-state index in [4.69, 9.17) is 23.9 Å². The van der Waals surface area contributed by atoms with E-state index in [9.17, 15) is 24.0 Å². The van der Waals surface area contributed by atoms with Crippen molar-refractivity contribution >= 4 is 40.6 Å². The van der Waals surface area contributed by atoms with Crippen LogP contribution < -0.4 is 9.47 Å². The normalized spacial score (nSPS) is 20.0. The molecule has 3 aliphatic rings. The third kappa shape index (κ3) is 11.1. The van der Waals surface area contributed by atoms with E-state index in [-0.39, 0.29) is 53.3 Å². The minimum Gasteiger partial charge on any atom is -0.462 e. The van der Waals surface area contributed by atoms with Crippen LogP contribution in [0.3, 0.4) is 0 Å². The molecule has 0 bridgehead atoms. The second-order valence-electron chi connectivity index (χ2n) is 16.8. The zero-order chi connectivity index (χ0) is 42.0. The van der Waals surface area contributed by atoms with Gasteiger partial charge in [-0.3, -0.25) is 24.0 Å². The van der Waals surface area contributed by atoms with Crippen molar-refractivity contribution in [3.63, 3.8) is 0 Å². The minimum absolute atomic E-state index is 0.0321. The van der Waals surface area contributed by atoms with Gasteiger partial charge in [0.05, 0.1) is 17.5 Å². The van der Waals surface area contributed by atoms with Gasteiger partial charge in [-0.1, -0.05) is 75.2 Å². The fraction of sp³-hybridized carbons (Fsp3) is 0.480. The molecular weight excluding hydrogens is 759 g/mol. The van der Waals surface area contributed by atoms with Gasteiger partial charge in [-0.15, -0.1) is 0 Å². The Hall–Kier alpha value is -5.38. The topological polar surface area (TPSA) is 135 Å². The first-order valence-electron chi connectivity index (χ1n) is 22.1. The number of hydrogen-bond acceptors (Lipinski definition) is 10. The molecule has 0 saturated heterocycles. The molecule has 0 atom stereocenters. The SMILES string of the molecule is CCCc1ccc(CCC(=O)O[C@H]2CC[C@H](C(=O)Oc3ccc(OC(=O)[C@H]4CC[C@H](OC(=O)CCc5ccc(CCC)cc5)CC4)c4nc5c(cc34)C(=O)CC5)CC2)cc1. The summed E-state index contributed by atoms with van der Waals surface area (Å²) in [6.07, 6.45) is 10.8.